The van der Waals surface area contributed by atoms with Crippen molar-refractivity contribution in [2.75, 3.05) is 0 Å². The molecule has 4 aromatic rings. The number of nitrogens with zero attached hydrogens (tertiary/aromatic N) is 1. The molecule has 0 saturated carbocycles. The van der Waals surface area contributed by atoms with E-state index in [9.17, 15) is 14.7 Å². The van der Waals surface area contributed by atoms with E-state index < -0.39 is 5.91 Å². The second kappa shape index (κ2) is 5.70. The molecule has 1 aliphatic rings. The van der Waals surface area contributed by atoms with E-state index in [1.807, 2.05) is 61.0 Å². The average Bonchev–Trinajstić information content (AvgIpc) is 3.15. The van der Waals surface area contributed by atoms with Crippen molar-refractivity contribution < 1.29 is 14.7 Å². The highest BCUT2D eigenvalue weighted by Gasteiger charge is 2.34. The molecule has 1 aliphatic heterocycles. The lowest BCUT2D eigenvalue weighted by Gasteiger charge is -2.09. The molecule has 0 spiro atoms. The van der Waals surface area contributed by atoms with E-state index in [2.05, 4.69) is 5.32 Å². The first-order valence-electron chi connectivity index (χ1n) is 9.23. The molecule has 28 heavy (non-hydrogen) atoms. The van der Waals surface area contributed by atoms with Crippen LogP contribution in [0.2, 0.25) is 0 Å². The van der Waals surface area contributed by atoms with Crippen molar-refractivity contribution in [3.05, 3.63) is 65.2 Å². The SMILES string of the molecule is CCc1cc2c(cc1O)c1c3c(c(-c4ccccc4)cc1n2C)C(=O)NC3=O. The van der Waals surface area contributed by atoms with Crippen LogP contribution in [-0.4, -0.2) is 21.5 Å². The quantitative estimate of drug-likeness (QED) is 0.521. The van der Waals surface area contributed by atoms with Gasteiger partial charge in [0.2, 0.25) is 0 Å². The zero-order valence-corrected chi connectivity index (χ0v) is 15.5. The minimum atomic E-state index is -0.394. The number of amides is 2. The number of nitrogens with one attached hydrogen (secondary N) is 1. The predicted octanol–water partition coefficient (Wildman–Crippen LogP) is 4.15. The Kier molecular flexibility index (Phi) is 3.37. The molecule has 2 amide bonds. The fraction of sp³-hybridized carbons (Fsp3) is 0.130. The van der Waals surface area contributed by atoms with Gasteiger partial charge in [-0.05, 0) is 41.3 Å². The van der Waals surface area contributed by atoms with E-state index >= 15 is 0 Å². The first-order valence-corrected chi connectivity index (χ1v) is 9.23. The van der Waals surface area contributed by atoms with E-state index in [-0.39, 0.29) is 11.7 Å². The molecule has 0 saturated heterocycles. The Morgan fingerprint density at radius 3 is 2.39 bits per heavy atom. The van der Waals surface area contributed by atoms with Gasteiger partial charge in [-0.3, -0.25) is 14.9 Å². The van der Waals surface area contributed by atoms with Crippen LogP contribution in [0.25, 0.3) is 32.9 Å². The van der Waals surface area contributed by atoms with Crippen LogP contribution in [0.15, 0.2) is 48.5 Å². The van der Waals surface area contributed by atoms with Crippen molar-refractivity contribution in [3.63, 3.8) is 0 Å². The van der Waals surface area contributed by atoms with Gasteiger partial charge in [-0.25, -0.2) is 0 Å². The highest BCUT2D eigenvalue weighted by atomic mass is 16.3. The Hall–Kier alpha value is -3.60. The zero-order valence-electron chi connectivity index (χ0n) is 15.5. The first-order chi connectivity index (χ1) is 13.5. The van der Waals surface area contributed by atoms with Gasteiger partial charge in [-0.1, -0.05) is 37.3 Å². The summed E-state index contributed by atoms with van der Waals surface area (Å²) in [6.07, 6.45) is 0.704. The molecule has 0 fully saturated rings. The van der Waals surface area contributed by atoms with Crippen LogP contribution < -0.4 is 5.32 Å². The maximum Gasteiger partial charge on any atom is 0.259 e. The van der Waals surface area contributed by atoms with Gasteiger partial charge in [-0.2, -0.15) is 0 Å². The molecule has 3 aromatic carbocycles. The van der Waals surface area contributed by atoms with Gasteiger partial charge in [0.05, 0.1) is 16.6 Å². The van der Waals surface area contributed by atoms with E-state index in [1.165, 1.54) is 0 Å². The molecule has 0 atom stereocenters. The number of benzene rings is 3. The van der Waals surface area contributed by atoms with Gasteiger partial charge in [-0.15, -0.1) is 0 Å². The maximum absolute atomic E-state index is 12.7. The second-order valence-corrected chi connectivity index (χ2v) is 7.13. The normalized spacial score (nSPS) is 13.4. The fourth-order valence-corrected chi connectivity index (χ4v) is 4.25. The van der Waals surface area contributed by atoms with Gasteiger partial charge in [0.15, 0.2) is 0 Å². The molecule has 5 nitrogen and oxygen atoms in total. The average molecular weight is 370 g/mol. The lowest BCUT2D eigenvalue weighted by Crippen LogP contribution is -2.20. The molecular formula is C23H18N2O3. The van der Waals surface area contributed by atoms with E-state index in [0.29, 0.717) is 22.9 Å². The Bertz CT molecular complexity index is 1320. The Morgan fingerprint density at radius 1 is 0.964 bits per heavy atom. The number of aromatic hydroxyl groups is 1. The van der Waals surface area contributed by atoms with Gasteiger partial charge in [0.25, 0.3) is 11.8 Å². The van der Waals surface area contributed by atoms with Crippen molar-refractivity contribution in [1.82, 2.24) is 9.88 Å². The summed E-state index contributed by atoms with van der Waals surface area (Å²) in [7, 11) is 1.94. The number of hydrogen-bond donors (Lipinski definition) is 2. The predicted molar refractivity (Wildman–Crippen MR) is 109 cm³/mol. The number of carbonyl (C=O) groups is 2. The van der Waals surface area contributed by atoms with Crippen LogP contribution in [0, 0.1) is 0 Å². The van der Waals surface area contributed by atoms with Crippen LogP contribution in [0.5, 0.6) is 5.75 Å². The van der Waals surface area contributed by atoms with Gasteiger partial charge >= 0.3 is 0 Å². The number of phenols is 1. The van der Waals surface area contributed by atoms with Crippen molar-refractivity contribution in [3.8, 4) is 16.9 Å². The Labute approximate surface area is 161 Å². The minimum absolute atomic E-state index is 0.202. The third-order valence-corrected chi connectivity index (χ3v) is 5.64. The molecule has 2 heterocycles. The molecule has 138 valence electrons. The molecule has 1 aromatic heterocycles. The molecule has 0 radical (unpaired) electrons. The van der Waals surface area contributed by atoms with Gasteiger partial charge < -0.3 is 9.67 Å². The molecule has 2 N–H and O–H groups in total. The lowest BCUT2D eigenvalue weighted by molar-refractivity contribution is 0.0880. The number of rotatable bonds is 2. The molecule has 0 unspecified atom stereocenters. The molecule has 5 heteroatoms. The standard InChI is InChI=1S/C23H18N2O3/c1-3-12-9-16-15(11-18(12)26)19-17(25(16)2)10-14(13-7-5-4-6-8-13)20-21(19)23(28)24-22(20)27/h4-11,26H,3H2,1-2H3,(H,24,27,28). The van der Waals surface area contributed by atoms with Crippen molar-refractivity contribution in [2.24, 2.45) is 7.05 Å². The summed E-state index contributed by atoms with van der Waals surface area (Å²) in [5.74, 6) is -0.574. The van der Waals surface area contributed by atoms with Crippen LogP contribution >= 0.6 is 0 Å². The van der Waals surface area contributed by atoms with Gasteiger partial charge in [0, 0.05) is 23.3 Å². The third kappa shape index (κ3) is 2.07. The highest BCUT2D eigenvalue weighted by molar-refractivity contribution is 6.32. The smallest absolute Gasteiger partial charge is 0.259 e. The third-order valence-electron chi connectivity index (χ3n) is 5.64. The summed E-state index contributed by atoms with van der Waals surface area (Å²) in [6.45, 7) is 1.99. The molecule has 5 rings (SSSR count). The number of carbonyl (C=O) groups excluding carboxylic acids is 2. The molecular weight excluding hydrogens is 352 g/mol. The van der Waals surface area contributed by atoms with Crippen molar-refractivity contribution >= 4 is 33.6 Å². The Morgan fingerprint density at radius 2 is 1.68 bits per heavy atom. The van der Waals surface area contributed by atoms with E-state index in [1.54, 1.807) is 6.07 Å². The summed E-state index contributed by atoms with van der Waals surface area (Å²) in [6, 6.07) is 15.2. The number of hydrogen-bond acceptors (Lipinski definition) is 3. The highest BCUT2D eigenvalue weighted by Crippen LogP contribution is 2.41. The van der Waals surface area contributed by atoms with Crippen LogP contribution in [0.3, 0.4) is 0 Å². The van der Waals surface area contributed by atoms with Crippen molar-refractivity contribution in [1.29, 1.82) is 0 Å². The van der Waals surface area contributed by atoms with E-state index in [0.717, 1.165) is 33.1 Å². The minimum Gasteiger partial charge on any atom is -0.508 e. The number of imide groups is 1. The molecule has 0 aliphatic carbocycles. The summed E-state index contributed by atoms with van der Waals surface area (Å²) < 4.78 is 2.02. The summed E-state index contributed by atoms with van der Waals surface area (Å²) in [5.41, 5.74) is 5.02. The van der Waals surface area contributed by atoms with Gasteiger partial charge in [0.1, 0.15) is 5.75 Å². The summed E-state index contributed by atoms with van der Waals surface area (Å²) >= 11 is 0. The summed E-state index contributed by atoms with van der Waals surface area (Å²) in [5, 5.41) is 14.3. The lowest BCUT2D eigenvalue weighted by atomic mass is 9.92. The molecule has 0 bridgehead atoms. The van der Waals surface area contributed by atoms with Crippen LogP contribution in [0.1, 0.15) is 33.2 Å². The Balaban J connectivity index is 2.00. The number of aryl methyl sites for hydroxylation is 2. The maximum atomic E-state index is 12.7. The van der Waals surface area contributed by atoms with E-state index in [4.69, 9.17) is 0 Å². The zero-order chi connectivity index (χ0) is 19.6. The number of phenolic OH excluding ortho intramolecular Hbond substituents is 1. The number of fused-ring (bicyclic) bond motifs is 5. The number of aromatic nitrogens is 1. The fourth-order valence-electron chi connectivity index (χ4n) is 4.25. The van der Waals surface area contributed by atoms with Crippen molar-refractivity contribution in [2.45, 2.75) is 13.3 Å². The topological polar surface area (TPSA) is 71.3 Å². The van der Waals surface area contributed by atoms with Crippen LogP contribution in [-0.2, 0) is 13.5 Å². The van der Waals surface area contributed by atoms with Crippen LogP contribution in [0.4, 0.5) is 0 Å². The largest absolute Gasteiger partial charge is 0.508 e. The monoisotopic (exact) mass is 370 g/mol. The first kappa shape index (κ1) is 16.6. The second-order valence-electron chi connectivity index (χ2n) is 7.13. The summed E-state index contributed by atoms with van der Waals surface area (Å²) in [4.78, 5) is 25.4.